The number of amides is 1. The Kier molecular flexibility index (Phi) is 5.40. The minimum atomic E-state index is -1.09. The van der Waals surface area contributed by atoms with Crippen molar-refractivity contribution in [3.63, 3.8) is 0 Å². The van der Waals surface area contributed by atoms with Gasteiger partial charge in [-0.05, 0) is 17.5 Å². The van der Waals surface area contributed by atoms with Crippen LogP contribution in [0.2, 0.25) is 0 Å². The van der Waals surface area contributed by atoms with Crippen molar-refractivity contribution in [2.45, 2.75) is 25.0 Å². The zero-order valence-electron chi connectivity index (χ0n) is 14.7. The number of fused-ring (bicyclic) bond motifs is 3. The minimum Gasteiger partial charge on any atom is -0.481 e. The van der Waals surface area contributed by atoms with Gasteiger partial charge in [-0.1, -0.05) is 48.5 Å². The Morgan fingerprint density at radius 1 is 1.04 bits per heavy atom. The van der Waals surface area contributed by atoms with Crippen LogP contribution in [0.3, 0.4) is 0 Å². The van der Waals surface area contributed by atoms with Crippen LogP contribution in [-0.4, -0.2) is 36.3 Å². The van der Waals surface area contributed by atoms with Gasteiger partial charge in [0.25, 0.3) is 0 Å². The van der Waals surface area contributed by atoms with Crippen LogP contribution in [-0.2, 0) is 19.1 Å². The number of hydrogen-bond donors (Lipinski definition) is 2. The molecule has 0 radical (unpaired) electrons. The molecule has 7 nitrogen and oxygen atoms in total. The maximum atomic E-state index is 12.4. The summed E-state index contributed by atoms with van der Waals surface area (Å²) in [6.45, 7) is 0. The van der Waals surface area contributed by atoms with Gasteiger partial charge in [-0.15, -0.1) is 0 Å². The molecule has 1 amide bonds. The van der Waals surface area contributed by atoms with E-state index in [4.69, 9.17) is 9.84 Å². The molecule has 1 unspecified atom stereocenters. The molecule has 0 aromatic heterocycles. The third kappa shape index (κ3) is 3.92. The van der Waals surface area contributed by atoms with Crippen molar-refractivity contribution in [2.75, 3.05) is 7.11 Å². The first-order valence-corrected chi connectivity index (χ1v) is 8.46. The number of carbonyl (C=O) groups is 3. The molecular weight excluding hydrogens is 350 g/mol. The zero-order chi connectivity index (χ0) is 19.4. The number of carboxylic acids is 1. The van der Waals surface area contributed by atoms with Crippen molar-refractivity contribution in [3.05, 3.63) is 59.7 Å². The fraction of sp³-hybridized carbons (Fsp3) is 0.250. The lowest BCUT2D eigenvalue weighted by molar-refractivity contribution is -0.143. The van der Waals surface area contributed by atoms with Crippen LogP contribution in [0, 0.1) is 0 Å². The SMILES string of the molecule is COC(=O)C(CCC(=O)O)NC(=O)OC1c2ccccc2-c2ccccc21. The van der Waals surface area contributed by atoms with Gasteiger partial charge in [-0.3, -0.25) is 4.79 Å². The Morgan fingerprint density at radius 3 is 2.11 bits per heavy atom. The number of aliphatic carboxylic acids is 1. The van der Waals surface area contributed by atoms with Crippen molar-refractivity contribution in [3.8, 4) is 11.1 Å². The second-order valence-corrected chi connectivity index (χ2v) is 6.11. The Morgan fingerprint density at radius 2 is 1.59 bits per heavy atom. The Labute approximate surface area is 155 Å². The maximum Gasteiger partial charge on any atom is 0.408 e. The van der Waals surface area contributed by atoms with E-state index in [1.54, 1.807) is 0 Å². The average Bonchev–Trinajstić information content (AvgIpc) is 2.98. The van der Waals surface area contributed by atoms with Crippen molar-refractivity contribution in [2.24, 2.45) is 0 Å². The zero-order valence-corrected chi connectivity index (χ0v) is 14.7. The molecule has 0 heterocycles. The van der Waals surface area contributed by atoms with E-state index in [1.165, 1.54) is 7.11 Å². The van der Waals surface area contributed by atoms with Gasteiger partial charge in [-0.2, -0.15) is 0 Å². The molecule has 0 spiro atoms. The molecule has 0 aliphatic heterocycles. The summed E-state index contributed by atoms with van der Waals surface area (Å²) >= 11 is 0. The minimum absolute atomic E-state index is 0.0883. The average molecular weight is 369 g/mol. The highest BCUT2D eigenvalue weighted by Crippen LogP contribution is 2.44. The third-order valence-electron chi connectivity index (χ3n) is 4.43. The lowest BCUT2D eigenvalue weighted by Gasteiger charge is -2.19. The van der Waals surface area contributed by atoms with E-state index >= 15 is 0 Å². The number of esters is 1. The summed E-state index contributed by atoms with van der Waals surface area (Å²) in [6.07, 6.45) is -1.79. The molecule has 2 aromatic carbocycles. The van der Waals surface area contributed by atoms with Crippen molar-refractivity contribution in [1.82, 2.24) is 5.32 Å². The van der Waals surface area contributed by atoms with E-state index in [0.717, 1.165) is 22.3 Å². The predicted octanol–water partition coefficient (Wildman–Crippen LogP) is 2.89. The molecular formula is C20H19NO6. The molecule has 7 heteroatoms. The van der Waals surface area contributed by atoms with E-state index in [9.17, 15) is 14.4 Å². The summed E-state index contributed by atoms with van der Waals surface area (Å²) in [4.78, 5) is 35.0. The highest BCUT2D eigenvalue weighted by molar-refractivity contribution is 5.83. The first-order valence-electron chi connectivity index (χ1n) is 8.46. The molecule has 1 aliphatic rings. The van der Waals surface area contributed by atoms with Gasteiger partial charge in [0.2, 0.25) is 0 Å². The molecule has 3 rings (SSSR count). The first kappa shape index (κ1) is 18.4. The molecule has 0 saturated carbocycles. The summed E-state index contributed by atoms with van der Waals surface area (Å²) < 4.78 is 10.2. The van der Waals surface area contributed by atoms with Crippen LogP contribution in [0.1, 0.15) is 30.1 Å². The quantitative estimate of drug-likeness (QED) is 0.759. The summed E-state index contributed by atoms with van der Waals surface area (Å²) in [5, 5.41) is 11.2. The number of hydrogen-bond acceptors (Lipinski definition) is 5. The lowest BCUT2D eigenvalue weighted by Crippen LogP contribution is -2.42. The van der Waals surface area contributed by atoms with Crippen molar-refractivity contribution in [1.29, 1.82) is 0 Å². The topological polar surface area (TPSA) is 102 Å². The number of ether oxygens (including phenoxy) is 2. The molecule has 0 bridgehead atoms. The fourth-order valence-corrected chi connectivity index (χ4v) is 3.18. The Bertz CT molecular complexity index is 833. The number of methoxy groups -OCH3 is 1. The molecule has 2 N–H and O–H groups in total. The number of rotatable bonds is 6. The van der Waals surface area contributed by atoms with E-state index < -0.39 is 30.2 Å². The molecule has 1 aliphatic carbocycles. The molecule has 2 aromatic rings. The van der Waals surface area contributed by atoms with Gasteiger partial charge >= 0.3 is 18.0 Å². The Hall–Kier alpha value is -3.35. The molecule has 0 fully saturated rings. The summed E-state index contributed by atoms with van der Waals surface area (Å²) in [7, 11) is 1.17. The summed E-state index contributed by atoms with van der Waals surface area (Å²) in [5.74, 6) is -1.79. The molecule has 140 valence electrons. The van der Waals surface area contributed by atoms with Gasteiger partial charge in [0.1, 0.15) is 6.04 Å². The highest BCUT2D eigenvalue weighted by Gasteiger charge is 2.32. The van der Waals surface area contributed by atoms with E-state index in [0.29, 0.717) is 0 Å². The second kappa shape index (κ2) is 7.90. The molecule has 27 heavy (non-hydrogen) atoms. The monoisotopic (exact) mass is 369 g/mol. The van der Waals surface area contributed by atoms with Crippen molar-refractivity contribution >= 4 is 18.0 Å². The molecule has 1 atom stereocenters. The van der Waals surface area contributed by atoms with Gasteiger partial charge in [-0.25, -0.2) is 9.59 Å². The second-order valence-electron chi connectivity index (χ2n) is 6.11. The van der Waals surface area contributed by atoms with Crippen molar-refractivity contribution < 1.29 is 29.0 Å². The normalized spacial score (nSPS) is 13.2. The van der Waals surface area contributed by atoms with E-state index in [2.05, 4.69) is 10.1 Å². The highest BCUT2D eigenvalue weighted by atomic mass is 16.6. The van der Waals surface area contributed by atoms with Gasteiger partial charge < -0.3 is 19.9 Å². The summed E-state index contributed by atoms with van der Waals surface area (Å²) in [5.41, 5.74) is 3.69. The standard InChI is InChI=1S/C20H19NO6/c1-26-19(24)16(10-11-17(22)23)21-20(25)27-18-14-8-4-2-6-12(14)13-7-3-5-9-15(13)18/h2-9,16,18H,10-11H2,1H3,(H,21,25)(H,22,23). The number of carboxylic acid groups (broad SMARTS) is 1. The summed E-state index contributed by atoms with van der Waals surface area (Å²) in [6, 6.07) is 14.1. The predicted molar refractivity (Wildman–Crippen MR) is 96.0 cm³/mol. The van der Waals surface area contributed by atoms with Crippen LogP contribution >= 0.6 is 0 Å². The largest absolute Gasteiger partial charge is 0.481 e. The van der Waals surface area contributed by atoms with Gasteiger partial charge in [0.05, 0.1) is 7.11 Å². The number of alkyl carbamates (subject to hydrolysis) is 1. The van der Waals surface area contributed by atoms with Crippen LogP contribution < -0.4 is 5.32 Å². The fourth-order valence-electron chi connectivity index (χ4n) is 3.18. The molecule has 0 saturated heterocycles. The Balaban J connectivity index is 1.77. The number of nitrogens with one attached hydrogen (secondary N) is 1. The van der Waals surface area contributed by atoms with Gasteiger partial charge in [0.15, 0.2) is 6.10 Å². The van der Waals surface area contributed by atoms with E-state index in [-0.39, 0.29) is 12.8 Å². The van der Waals surface area contributed by atoms with Crippen LogP contribution in [0.25, 0.3) is 11.1 Å². The third-order valence-corrected chi connectivity index (χ3v) is 4.43. The van der Waals surface area contributed by atoms with Crippen LogP contribution in [0.5, 0.6) is 0 Å². The number of carbonyl (C=O) groups excluding carboxylic acids is 2. The smallest absolute Gasteiger partial charge is 0.408 e. The van der Waals surface area contributed by atoms with Crippen LogP contribution in [0.4, 0.5) is 4.79 Å². The lowest BCUT2D eigenvalue weighted by atomic mass is 10.1. The maximum absolute atomic E-state index is 12.4. The van der Waals surface area contributed by atoms with E-state index in [1.807, 2.05) is 48.5 Å². The van der Waals surface area contributed by atoms with Gasteiger partial charge in [0, 0.05) is 17.5 Å². The van der Waals surface area contributed by atoms with Crippen LogP contribution in [0.15, 0.2) is 48.5 Å². The number of benzene rings is 2. The first-order chi connectivity index (χ1) is 13.0.